The standard InChI is InChI=1S/C16H20N6O2/c1-10(2)16-19-15(20-24-16)12-4-3-7-21(12)9-11-8-14(23)22-13(18-11)5-6-17-22/h5-6,8,10,12,17H,3-4,7,9H2,1-2H3. The van der Waals surface area contributed by atoms with Crippen LogP contribution < -0.4 is 5.56 Å². The van der Waals surface area contributed by atoms with Gasteiger partial charge < -0.3 is 4.52 Å². The minimum atomic E-state index is -0.0996. The van der Waals surface area contributed by atoms with Gasteiger partial charge in [-0.2, -0.15) is 4.98 Å². The predicted molar refractivity (Wildman–Crippen MR) is 86.6 cm³/mol. The first-order valence-corrected chi connectivity index (χ1v) is 8.25. The molecule has 0 amide bonds. The predicted octanol–water partition coefficient (Wildman–Crippen LogP) is 1.87. The lowest BCUT2D eigenvalue weighted by molar-refractivity contribution is 0.231. The van der Waals surface area contributed by atoms with Gasteiger partial charge in [-0.05, 0) is 19.4 Å². The van der Waals surface area contributed by atoms with Crippen molar-refractivity contribution < 1.29 is 4.52 Å². The van der Waals surface area contributed by atoms with Gasteiger partial charge in [-0.3, -0.25) is 14.8 Å². The summed E-state index contributed by atoms with van der Waals surface area (Å²) in [5.41, 5.74) is 1.30. The Labute approximate surface area is 138 Å². The zero-order valence-electron chi connectivity index (χ0n) is 13.8. The summed E-state index contributed by atoms with van der Waals surface area (Å²) >= 11 is 0. The Kier molecular flexibility index (Phi) is 3.68. The highest BCUT2D eigenvalue weighted by molar-refractivity contribution is 5.36. The number of aromatic amines is 1. The molecule has 0 bridgehead atoms. The van der Waals surface area contributed by atoms with Gasteiger partial charge in [0.2, 0.25) is 5.89 Å². The molecule has 0 spiro atoms. The molecule has 8 heteroatoms. The normalized spacial score (nSPS) is 18.9. The Morgan fingerprint density at radius 2 is 2.29 bits per heavy atom. The van der Waals surface area contributed by atoms with Gasteiger partial charge in [0.1, 0.15) is 0 Å². The van der Waals surface area contributed by atoms with E-state index in [1.54, 1.807) is 18.3 Å². The molecule has 4 heterocycles. The van der Waals surface area contributed by atoms with E-state index in [0.29, 0.717) is 18.1 Å². The number of aromatic nitrogens is 5. The van der Waals surface area contributed by atoms with Crippen molar-refractivity contribution in [3.05, 3.63) is 46.1 Å². The van der Waals surface area contributed by atoms with Crippen LogP contribution in [0.5, 0.6) is 0 Å². The van der Waals surface area contributed by atoms with Gasteiger partial charge in [-0.1, -0.05) is 19.0 Å². The van der Waals surface area contributed by atoms with E-state index in [-0.39, 0.29) is 17.5 Å². The van der Waals surface area contributed by atoms with Gasteiger partial charge in [-0.15, -0.1) is 0 Å². The lowest BCUT2D eigenvalue weighted by Gasteiger charge is -2.21. The van der Waals surface area contributed by atoms with Crippen molar-refractivity contribution in [1.82, 2.24) is 29.6 Å². The minimum absolute atomic E-state index is 0.0996. The highest BCUT2D eigenvalue weighted by Gasteiger charge is 2.30. The second-order valence-corrected chi connectivity index (χ2v) is 6.52. The lowest BCUT2D eigenvalue weighted by Crippen LogP contribution is -2.26. The molecular weight excluding hydrogens is 308 g/mol. The zero-order valence-corrected chi connectivity index (χ0v) is 13.8. The molecule has 1 atom stereocenters. The Morgan fingerprint density at radius 3 is 3.08 bits per heavy atom. The molecule has 1 N–H and O–H groups in total. The van der Waals surface area contributed by atoms with Gasteiger partial charge in [0, 0.05) is 30.8 Å². The van der Waals surface area contributed by atoms with Crippen LogP contribution in [0.2, 0.25) is 0 Å². The molecule has 0 aliphatic carbocycles. The van der Waals surface area contributed by atoms with Crippen LogP contribution in [0.1, 0.15) is 56.1 Å². The lowest BCUT2D eigenvalue weighted by atomic mass is 10.2. The Hall–Kier alpha value is -2.48. The Morgan fingerprint density at radius 1 is 1.42 bits per heavy atom. The molecule has 126 valence electrons. The average Bonchev–Trinajstić information content (AvgIpc) is 3.26. The van der Waals surface area contributed by atoms with Crippen LogP contribution in [0.3, 0.4) is 0 Å². The van der Waals surface area contributed by atoms with Crippen molar-refractivity contribution >= 4 is 5.65 Å². The topological polar surface area (TPSA) is 92.3 Å². The highest BCUT2D eigenvalue weighted by Crippen LogP contribution is 2.31. The molecule has 0 aromatic carbocycles. The van der Waals surface area contributed by atoms with Crippen LogP contribution in [0, 0.1) is 0 Å². The molecule has 3 aromatic rings. The van der Waals surface area contributed by atoms with E-state index < -0.39 is 0 Å². The highest BCUT2D eigenvalue weighted by atomic mass is 16.5. The van der Waals surface area contributed by atoms with Crippen molar-refractivity contribution in [2.75, 3.05) is 6.54 Å². The summed E-state index contributed by atoms with van der Waals surface area (Å²) in [4.78, 5) is 23.4. The second kappa shape index (κ2) is 5.86. The Balaban J connectivity index is 1.58. The summed E-state index contributed by atoms with van der Waals surface area (Å²) in [5.74, 6) is 1.62. The third kappa shape index (κ3) is 2.62. The van der Waals surface area contributed by atoms with E-state index in [4.69, 9.17) is 4.52 Å². The molecule has 0 saturated carbocycles. The second-order valence-electron chi connectivity index (χ2n) is 6.52. The van der Waals surface area contributed by atoms with E-state index in [9.17, 15) is 4.79 Å². The number of H-pyrrole nitrogens is 1. The summed E-state index contributed by atoms with van der Waals surface area (Å²) in [6, 6.07) is 3.49. The first-order chi connectivity index (χ1) is 11.6. The fraction of sp³-hybridized carbons (Fsp3) is 0.500. The van der Waals surface area contributed by atoms with E-state index in [0.717, 1.165) is 30.9 Å². The summed E-state index contributed by atoms with van der Waals surface area (Å²) < 4.78 is 6.77. The van der Waals surface area contributed by atoms with E-state index >= 15 is 0 Å². The van der Waals surface area contributed by atoms with Gasteiger partial charge >= 0.3 is 0 Å². The number of likely N-dealkylation sites (tertiary alicyclic amines) is 1. The van der Waals surface area contributed by atoms with Crippen molar-refractivity contribution in [2.45, 2.75) is 45.2 Å². The maximum Gasteiger partial charge on any atom is 0.272 e. The number of nitrogens with one attached hydrogen (secondary N) is 1. The van der Waals surface area contributed by atoms with Crippen LogP contribution >= 0.6 is 0 Å². The summed E-state index contributed by atoms with van der Waals surface area (Å²) in [6.07, 6.45) is 3.77. The van der Waals surface area contributed by atoms with E-state index in [1.807, 2.05) is 13.8 Å². The molecule has 1 aliphatic rings. The molecule has 8 nitrogen and oxygen atoms in total. The van der Waals surface area contributed by atoms with Crippen LogP contribution in [-0.2, 0) is 6.54 Å². The molecule has 1 fully saturated rings. The maximum absolute atomic E-state index is 12.1. The maximum atomic E-state index is 12.1. The van der Waals surface area contributed by atoms with Gasteiger partial charge in [0.25, 0.3) is 5.56 Å². The van der Waals surface area contributed by atoms with Crippen LogP contribution in [0.15, 0.2) is 27.6 Å². The van der Waals surface area contributed by atoms with Gasteiger partial charge in [-0.25, -0.2) is 9.50 Å². The summed E-state index contributed by atoms with van der Waals surface area (Å²) in [5, 5.41) is 7.00. The molecular formula is C16H20N6O2. The molecule has 0 radical (unpaired) electrons. The first kappa shape index (κ1) is 15.1. The molecule has 3 aromatic heterocycles. The fourth-order valence-corrected chi connectivity index (χ4v) is 3.19. The molecule has 1 aliphatic heterocycles. The summed E-state index contributed by atoms with van der Waals surface area (Å²) in [6.45, 7) is 5.61. The monoisotopic (exact) mass is 328 g/mol. The van der Waals surface area contributed by atoms with Crippen LogP contribution in [0.4, 0.5) is 0 Å². The number of hydrogen-bond acceptors (Lipinski definition) is 6. The fourth-order valence-electron chi connectivity index (χ4n) is 3.19. The number of rotatable bonds is 4. The molecule has 24 heavy (non-hydrogen) atoms. The first-order valence-electron chi connectivity index (χ1n) is 8.25. The number of fused-ring (bicyclic) bond motifs is 1. The van der Waals surface area contributed by atoms with E-state index in [1.165, 1.54) is 4.52 Å². The SMILES string of the molecule is CC(C)c1nc(C2CCCN2Cc2cc(=O)n3[nH]ccc3n2)no1. The van der Waals surface area contributed by atoms with Gasteiger partial charge in [0.15, 0.2) is 11.5 Å². The van der Waals surface area contributed by atoms with Crippen molar-refractivity contribution in [3.8, 4) is 0 Å². The smallest absolute Gasteiger partial charge is 0.272 e. The molecule has 1 unspecified atom stereocenters. The third-order valence-corrected chi connectivity index (χ3v) is 4.41. The van der Waals surface area contributed by atoms with Gasteiger partial charge in [0.05, 0.1) is 11.7 Å². The summed E-state index contributed by atoms with van der Waals surface area (Å²) in [7, 11) is 0. The zero-order chi connectivity index (χ0) is 16.7. The third-order valence-electron chi connectivity index (χ3n) is 4.41. The average molecular weight is 328 g/mol. The van der Waals surface area contributed by atoms with Crippen molar-refractivity contribution in [3.63, 3.8) is 0 Å². The minimum Gasteiger partial charge on any atom is -0.339 e. The van der Waals surface area contributed by atoms with Crippen molar-refractivity contribution in [2.24, 2.45) is 0 Å². The van der Waals surface area contributed by atoms with Crippen LogP contribution in [0.25, 0.3) is 5.65 Å². The largest absolute Gasteiger partial charge is 0.339 e. The molecule has 1 saturated heterocycles. The van der Waals surface area contributed by atoms with E-state index in [2.05, 4.69) is 25.1 Å². The van der Waals surface area contributed by atoms with Crippen LogP contribution in [-0.4, -0.2) is 36.2 Å². The quantitative estimate of drug-likeness (QED) is 0.786. The van der Waals surface area contributed by atoms with Crippen molar-refractivity contribution in [1.29, 1.82) is 0 Å². The molecule has 4 rings (SSSR count). The number of hydrogen-bond donors (Lipinski definition) is 1. The number of nitrogens with zero attached hydrogens (tertiary/aromatic N) is 5. The Bertz CT molecular complexity index is 909.